The Labute approximate surface area is 157 Å². The van der Waals surface area contributed by atoms with Crippen LogP contribution in [0.1, 0.15) is 19.8 Å². The molecule has 2 rings (SSSR count). The lowest BCUT2D eigenvalue weighted by atomic mass is 10.3. The Bertz CT molecular complexity index is 559. The van der Waals surface area contributed by atoms with E-state index in [1.54, 1.807) is 12.3 Å². The fourth-order valence-electron chi connectivity index (χ4n) is 2.60. The summed E-state index contributed by atoms with van der Waals surface area (Å²) >= 11 is 3.31. The second kappa shape index (κ2) is 10.5. The van der Waals surface area contributed by atoms with Gasteiger partial charge in [0, 0.05) is 43.4 Å². The molecule has 2 amide bonds. The molecule has 0 radical (unpaired) electrons. The summed E-state index contributed by atoms with van der Waals surface area (Å²) in [5.41, 5.74) is 0. The highest BCUT2D eigenvalue weighted by Gasteiger charge is 2.20. The first kappa shape index (κ1) is 19.8. The zero-order chi connectivity index (χ0) is 18.1. The molecule has 1 aliphatic rings. The van der Waals surface area contributed by atoms with Crippen molar-refractivity contribution in [3.05, 3.63) is 22.8 Å². The Morgan fingerprint density at radius 3 is 2.32 bits per heavy atom. The van der Waals surface area contributed by atoms with Crippen molar-refractivity contribution in [3.8, 4) is 0 Å². The van der Waals surface area contributed by atoms with Gasteiger partial charge in [0.05, 0.1) is 13.1 Å². The van der Waals surface area contributed by atoms with Gasteiger partial charge < -0.3 is 10.6 Å². The van der Waals surface area contributed by atoms with Gasteiger partial charge in [-0.25, -0.2) is 4.98 Å². The Hall–Kier alpha value is -1.51. The second-order valence-electron chi connectivity index (χ2n) is 6.17. The standard InChI is InChI=1S/C17H26BrN5O2/c1-2-3-6-19-16(24)12-22-7-9-23(10-8-22)13-17(25)21-15-5-4-14(18)11-20-15/h4-5,11H,2-3,6-10,12-13H2,1H3,(H,19,24)(H,20,21,25). The summed E-state index contributed by atoms with van der Waals surface area (Å²) in [4.78, 5) is 32.3. The first-order valence-electron chi connectivity index (χ1n) is 8.69. The van der Waals surface area contributed by atoms with Gasteiger partial charge in [0.1, 0.15) is 5.82 Å². The van der Waals surface area contributed by atoms with Gasteiger partial charge in [-0.05, 0) is 34.5 Å². The topological polar surface area (TPSA) is 77.6 Å². The van der Waals surface area contributed by atoms with Crippen LogP contribution in [0.15, 0.2) is 22.8 Å². The molecule has 8 heteroatoms. The predicted molar refractivity (Wildman–Crippen MR) is 101 cm³/mol. The Balaban J connectivity index is 1.65. The molecule has 0 bridgehead atoms. The molecule has 0 aliphatic carbocycles. The molecule has 1 aliphatic heterocycles. The maximum absolute atomic E-state index is 12.1. The molecule has 0 atom stereocenters. The van der Waals surface area contributed by atoms with Gasteiger partial charge in [0.2, 0.25) is 11.8 Å². The fraction of sp³-hybridized carbons (Fsp3) is 0.588. The van der Waals surface area contributed by atoms with Crippen molar-refractivity contribution in [1.82, 2.24) is 20.1 Å². The number of piperazine rings is 1. The average molecular weight is 412 g/mol. The summed E-state index contributed by atoms with van der Waals surface area (Å²) in [5, 5.41) is 5.74. The number of pyridine rings is 1. The molecule has 0 saturated carbocycles. The molecule has 7 nitrogen and oxygen atoms in total. The number of halogens is 1. The van der Waals surface area contributed by atoms with Gasteiger partial charge in [-0.2, -0.15) is 0 Å². The SMILES string of the molecule is CCCCNC(=O)CN1CCN(CC(=O)Nc2ccc(Br)cn2)CC1. The fourth-order valence-corrected chi connectivity index (χ4v) is 2.84. The number of hydrogen-bond donors (Lipinski definition) is 2. The molecule has 2 heterocycles. The monoisotopic (exact) mass is 411 g/mol. The highest BCUT2D eigenvalue weighted by atomic mass is 79.9. The van der Waals surface area contributed by atoms with E-state index < -0.39 is 0 Å². The molecular formula is C17H26BrN5O2. The maximum Gasteiger partial charge on any atom is 0.239 e. The van der Waals surface area contributed by atoms with Crippen molar-refractivity contribution < 1.29 is 9.59 Å². The van der Waals surface area contributed by atoms with Crippen LogP contribution >= 0.6 is 15.9 Å². The van der Waals surface area contributed by atoms with Crippen molar-refractivity contribution in [2.75, 3.05) is 51.1 Å². The summed E-state index contributed by atoms with van der Waals surface area (Å²) in [7, 11) is 0. The summed E-state index contributed by atoms with van der Waals surface area (Å²) in [6, 6.07) is 3.60. The van der Waals surface area contributed by atoms with Crippen LogP contribution in [0.5, 0.6) is 0 Å². The van der Waals surface area contributed by atoms with Crippen molar-refractivity contribution in [2.24, 2.45) is 0 Å². The molecule has 25 heavy (non-hydrogen) atoms. The number of carbonyl (C=O) groups is 2. The van der Waals surface area contributed by atoms with Crippen molar-refractivity contribution in [1.29, 1.82) is 0 Å². The van der Waals surface area contributed by atoms with Gasteiger partial charge >= 0.3 is 0 Å². The summed E-state index contributed by atoms with van der Waals surface area (Å²) < 4.78 is 0.875. The minimum absolute atomic E-state index is 0.0689. The molecule has 2 N–H and O–H groups in total. The van der Waals surface area contributed by atoms with E-state index in [1.165, 1.54) is 0 Å². The van der Waals surface area contributed by atoms with E-state index in [0.717, 1.165) is 50.0 Å². The lowest BCUT2D eigenvalue weighted by Crippen LogP contribution is -2.51. The average Bonchev–Trinajstić information content (AvgIpc) is 2.59. The van der Waals surface area contributed by atoms with Crippen molar-refractivity contribution in [3.63, 3.8) is 0 Å². The van der Waals surface area contributed by atoms with Gasteiger partial charge in [-0.15, -0.1) is 0 Å². The number of amides is 2. The maximum atomic E-state index is 12.1. The van der Waals surface area contributed by atoms with Crippen molar-refractivity contribution >= 4 is 33.6 Å². The highest BCUT2D eigenvalue weighted by Crippen LogP contribution is 2.10. The Morgan fingerprint density at radius 1 is 1.12 bits per heavy atom. The number of hydrogen-bond acceptors (Lipinski definition) is 5. The van der Waals surface area contributed by atoms with E-state index in [4.69, 9.17) is 0 Å². The van der Waals surface area contributed by atoms with E-state index >= 15 is 0 Å². The van der Waals surface area contributed by atoms with Gasteiger partial charge in [-0.3, -0.25) is 19.4 Å². The minimum Gasteiger partial charge on any atom is -0.355 e. The Kier molecular flexibility index (Phi) is 8.30. The van der Waals surface area contributed by atoms with Crippen LogP contribution in [0.2, 0.25) is 0 Å². The molecule has 0 unspecified atom stereocenters. The summed E-state index contributed by atoms with van der Waals surface area (Å²) in [6.07, 6.45) is 3.75. The van der Waals surface area contributed by atoms with Gasteiger partial charge in [-0.1, -0.05) is 13.3 Å². The smallest absolute Gasteiger partial charge is 0.239 e. The summed E-state index contributed by atoms with van der Waals surface area (Å²) in [5.74, 6) is 0.567. The van der Waals surface area contributed by atoms with Crippen LogP contribution in [-0.2, 0) is 9.59 Å². The normalized spacial score (nSPS) is 15.8. The number of aromatic nitrogens is 1. The molecule has 0 aromatic carbocycles. The van der Waals surface area contributed by atoms with Crippen LogP contribution < -0.4 is 10.6 Å². The van der Waals surface area contributed by atoms with E-state index in [9.17, 15) is 9.59 Å². The van der Waals surface area contributed by atoms with E-state index in [-0.39, 0.29) is 11.8 Å². The lowest BCUT2D eigenvalue weighted by Gasteiger charge is -2.33. The first-order valence-corrected chi connectivity index (χ1v) is 9.49. The largest absolute Gasteiger partial charge is 0.355 e. The third-order valence-electron chi connectivity index (χ3n) is 4.05. The summed E-state index contributed by atoms with van der Waals surface area (Å²) in [6.45, 7) is 6.79. The zero-order valence-electron chi connectivity index (χ0n) is 14.6. The number of nitrogens with one attached hydrogen (secondary N) is 2. The van der Waals surface area contributed by atoms with Crippen molar-refractivity contribution in [2.45, 2.75) is 19.8 Å². The number of nitrogens with zero attached hydrogens (tertiary/aromatic N) is 3. The lowest BCUT2D eigenvalue weighted by molar-refractivity contribution is -0.123. The van der Waals surface area contributed by atoms with Gasteiger partial charge in [0.15, 0.2) is 0 Å². The third-order valence-corrected chi connectivity index (χ3v) is 4.52. The number of anilines is 1. The third kappa shape index (κ3) is 7.50. The molecule has 138 valence electrons. The number of carbonyl (C=O) groups excluding carboxylic acids is 2. The molecular weight excluding hydrogens is 386 g/mol. The Morgan fingerprint density at radius 2 is 1.76 bits per heavy atom. The zero-order valence-corrected chi connectivity index (χ0v) is 16.2. The quantitative estimate of drug-likeness (QED) is 0.630. The molecule has 1 fully saturated rings. The highest BCUT2D eigenvalue weighted by molar-refractivity contribution is 9.10. The van der Waals surface area contributed by atoms with Gasteiger partial charge in [0.25, 0.3) is 0 Å². The first-order chi connectivity index (χ1) is 12.1. The van der Waals surface area contributed by atoms with E-state index in [0.29, 0.717) is 18.9 Å². The van der Waals surface area contributed by atoms with E-state index in [1.807, 2.05) is 6.07 Å². The minimum atomic E-state index is -0.0689. The molecule has 1 aromatic rings. The molecule has 0 spiro atoms. The van der Waals surface area contributed by atoms with Crippen LogP contribution in [0.4, 0.5) is 5.82 Å². The van der Waals surface area contributed by atoms with Crippen LogP contribution in [0.3, 0.4) is 0 Å². The predicted octanol–water partition coefficient (Wildman–Crippen LogP) is 1.32. The number of rotatable bonds is 8. The molecule has 1 saturated heterocycles. The number of unbranched alkanes of at least 4 members (excludes halogenated alkanes) is 1. The van der Waals surface area contributed by atoms with Crippen LogP contribution in [-0.4, -0.2) is 72.4 Å². The van der Waals surface area contributed by atoms with E-state index in [2.05, 4.69) is 48.3 Å². The van der Waals surface area contributed by atoms with Crippen LogP contribution in [0.25, 0.3) is 0 Å². The second-order valence-corrected chi connectivity index (χ2v) is 7.08. The molecule has 1 aromatic heterocycles. The van der Waals surface area contributed by atoms with Crippen LogP contribution in [0, 0.1) is 0 Å².